The van der Waals surface area contributed by atoms with E-state index in [2.05, 4.69) is 17.2 Å². The van der Waals surface area contributed by atoms with E-state index in [1.807, 2.05) is 38.1 Å². The maximum Gasteiger partial charge on any atom is 0.255 e. The van der Waals surface area contributed by atoms with Gasteiger partial charge in [0.15, 0.2) is 5.58 Å². The summed E-state index contributed by atoms with van der Waals surface area (Å²) in [6, 6.07) is 18.3. The normalized spacial score (nSPS) is 11.1. The van der Waals surface area contributed by atoms with Gasteiger partial charge in [-0.1, -0.05) is 24.6 Å². The summed E-state index contributed by atoms with van der Waals surface area (Å²) in [5.74, 6) is 0.930. The second-order valence-electron chi connectivity index (χ2n) is 7.51. The van der Waals surface area contributed by atoms with E-state index < -0.39 is 0 Å². The van der Waals surface area contributed by atoms with Crippen molar-refractivity contribution in [1.82, 2.24) is 4.98 Å². The second-order valence-corrected chi connectivity index (χ2v) is 7.92. The van der Waals surface area contributed by atoms with E-state index in [1.165, 1.54) is 5.56 Å². The monoisotopic (exact) mass is 434 g/mol. The summed E-state index contributed by atoms with van der Waals surface area (Å²) in [6.07, 6.45) is 1.00. The van der Waals surface area contributed by atoms with Gasteiger partial charge in [-0.2, -0.15) is 0 Å². The van der Waals surface area contributed by atoms with Crippen LogP contribution in [0.2, 0.25) is 5.02 Å². The molecule has 4 aromatic rings. The summed E-state index contributed by atoms with van der Waals surface area (Å²) in [4.78, 5) is 17.3. The topological polar surface area (TPSA) is 64.4 Å². The predicted molar refractivity (Wildman–Crippen MR) is 124 cm³/mol. The fraction of sp³-hybridized carbons (Fsp3) is 0.200. The second kappa shape index (κ2) is 8.82. The summed E-state index contributed by atoms with van der Waals surface area (Å²) >= 11 is 6.33. The highest BCUT2D eigenvalue weighted by atomic mass is 35.5. The third kappa shape index (κ3) is 4.72. The third-order valence-corrected chi connectivity index (χ3v) is 5.14. The first-order valence-electron chi connectivity index (χ1n) is 10.2. The van der Waals surface area contributed by atoms with Crippen molar-refractivity contribution in [2.24, 2.45) is 0 Å². The van der Waals surface area contributed by atoms with E-state index in [-0.39, 0.29) is 12.0 Å². The van der Waals surface area contributed by atoms with Crippen LogP contribution < -0.4 is 10.1 Å². The Balaban J connectivity index is 1.57. The van der Waals surface area contributed by atoms with Gasteiger partial charge in [0.05, 0.1) is 16.8 Å². The van der Waals surface area contributed by atoms with Gasteiger partial charge < -0.3 is 14.5 Å². The van der Waals surface area contributed by atoms with Crippen LogP contribution in [0.15, 0.2) is 65.1 Å². The quantitative estimate of drug-likeness (QED) is 0.364. The molecular formula is C25H23ClN2O3. The lowest BCUT2D eigenvalue weighted by Gasteiger charge is -2.11. The molecule has 4 rings (SSSR count). The third-order valence-electron chi connectivity index (χ3n) is 4.81. The van der Waals surface area contributed by atoms with Gasteiger partial charge in [0, 0.05) is 11.1 Å². The standard InChI is InChI=1S/C25H23ClN2O3/c1-4-16-5-12-23-22(13-16)28-25(31-23)18-8-11-20(26)21(14-18)27-24(29)17-6-9-19(10-7-17)30-15(2)3/h5-15H,4H2,1-3H3,(H,27,29). The van der Waals surface area contributed by atoms with E-state index >= 15 is 0 Å². The molecule has 1 aromatic heterocycles. The average molecular weight is 435 g/mol. The summed E-state index contributed by atoms with van der Waals surface area (Å²) in [7, 11) is 0. The van der Waals surface area contributed by atoms with Crippen LogP contribution in [0.25, 0.3) is 22.6 Å². The minimum atomic E-state index is -0.264. The van der Waals surface area contributed by atoms with Crippen molar-refractivity contribution in [2.45, 2.75) is 33.3 Å². The molecule has 0 radical (unpaired) electrons. The Labute approximate surface area is 186 Å². The van der Waals surface area contributed by atoms with E-state index in [1.54, 1.807) is 36.4 Å². The number of aryl methyl sites for hydroxylation is 1. The van der Waals surface area contributed by atoms with E-state index in [0.717, 1.165) is 23.1 Å². The smallest absolute Gasteiger partial charge is 0.255 e. The van der Waals surface area contributed by atoms with Gasteiger partial charge >= 0.3 is 0 Å². The molecule has 31 heavy (non-hydrogen) atoms. The van der Waals surface area contributed by atoms with Crippen molar-refractivity contribution >= 4 is 34.3 Å². The van der Waals surface area contributed by atoms with Crippen LogP contribution in [-0.2, 0) is 6.42 Å². The van der Waals surface area contributed by atoms with Gasteiger partial charge in [-0.05, 0) is 80.4 Å². The number of rotatable bonds is 6. The van der Waals surface area contributed by atoms with Gasteiger partial charge in [0.25, 0.3) is 5.91 Å². The summed E-state index contributed by atoms with van der Waals surface area (Å²) < 4.78 is 11.5. The van der Waals surface area contributed by atoms with Crippen molar-refractivity contribution in [3.8, 4) is 17.2 Å². The lowest BCUT2D eigenvalue weighted by molar-refractivity contribution is 0.102. The molecule has 0 aliphatic carbocycles. The minimum Gasteiger partial charge on any atom is -0.491 e. The lowest BCUT2D eigenvalue weighted by atomic mass is 10.1. The zero-order valence-corrected chi connectivity index (χ0v) is 18.4. The Morgan fingerprint density at radius 2 is 1.87 bits per heavy atom. The maximum atomic E-state index is 12.7. The molecule has 0 aliphatic rings. The molecular weight excluding hydrogens is 412 g/mol. The first-order chi connectivity index (χ1) is 14.9. The van der Waals surface area contributed by atoms with E-state index in [9.17, 15) is 4.79 Å². The predicted octanol–water partition coefficient (Wildman–Crippen LogP) is 6.75. The van der Waals surface area contributed by atoms with Crippen LogP contribution in [0.5, 0.6) is 5.75 Å². The molecule has 0 saturated carbocycles. The number of aromatic nitrogens is 1. The van der Waals surface area contributed by atoms with Crippen molar-refractivity contribution in [2.75, 3.05) is 5.32 Å². The molecule has 0 fully saturated rings. The highest BCUT2D eigenvalue weighted by molar-refractivity contribution is 6.34. The summed E-state index contributed by atoms with van der Waals surface area (Å²) in [6.45, 7) is 6.01. The van der Waals surface area contributed by atoms with Gasteiger partial charge in [0.1, 0.15) is 11.3 Å². The van der Waals surface area contributed by atoms with Crippen LogP contribution in [0.4, 0.5) is 5.69 Å². The SMILES string of the molecule is CCc1ccc2oc(-c3ccc(Cl)c(NC(=O)c4ccc(OC(C)C)cc4)c3)nc2c1. The van der Waals surface area contributed by atoms with Gasteiger partial charge in [0.2, 0.25) is 5.89 Å². The number of anilines is 1. The molecule has 1 N–H and O–H groups in total. The molecule has 158 valence electrons. The lowest BCUT2D eigenvalue weighted by Crippen LogP contribution is -2.12. The molecule has 1 heterocycles. The number of nitrogens with zero attached hydrogens (tertiary/aromatic N) is 1. The number of carbonyl (C=O) groups is 1. The minimum absolute atomic E-state index is 0.0710. The first-order valence-corrected chi connectivity index (χ1v) is 10.6. The Bertz CT molecular complexity index is 1230. The number of fused-ring (bicyclic) bond motifs is 1. The number of carbonyl (C=O) groups excluding carboxylic acids is 1. The van der Waals surface area contributed by atoms with Gasteiger partial charge in [-0.3, -0.25) is 4.79 Å². The highest BCUT2D eigenvalue weighted by Crippen LogP contribution is 2.31. The Kier molecular flexibility index (Phi) is 5.96. The number of hydrogen-bond acceptors (Lipinski definition) is 4. The molecule has 0 saturated heterocycles. The van der Waals surface area contributed by atoms with Crippen LogP contribution in [0.3, 0.4) is 0 Å². The van der Waals surface area contributed by atoms with E-state index in [4.69, 9.17) is 20.8 Å². The van der Waals surface area contributed by atoms with Crippen LogP contribution >= 0.6 is 11.6 Å². The largest absolute Gasteiger partial charge is 0.491 e. The molecule has 1 amide bonds. The molecule has 5 nitrogen and oxygen atoms in total. The highest BCUT2D eigenvalue weighted by Gasteiger charge is 2.14. The molecule has 0 aliphatic heterocycles. The van der Waals surface area contributed by atoms with Crippen molar-refractivity contribution in [1.29, 1.82) is 0 Å². The number of amides is 1. The van der Waals surface area contributed by atoms with Crippen molar-refractivity contribution < 1.29 is 13.9 Å². The van der Waals surface area contributed by atoms with E-state index in [0.29, 0.717) is 27.9 Å². The number of nitrogens with one attached hydrogen (secondary N) is 1. The Morgan fingerprint density at radius 3 is 2.58 bits per heavy atom. The molecule has 3 aromatic carbocycles. The fourth-order valence-corrected chi connectivity index (χ4v) is 3.39. The van der Waals surface area contributed by atoms with Crippen LogP contribution in [0.1, 0.15) is 36.7 Å². The van der Waals surface area contributed by atoms with Gasteiger partial charge in [-0.25, -0.2) is 4.98 Å². The molecule has 6 heteroatoms. The Morgan fingerprint density at radius 1 is 1.10 bits per heavy atom. The number of oxazole rings is 1. The molecule has 0 spiro atoms. The molecule has 0 unspecified atom stereocenters. The number of ether oxygens (including phenoxy) is 1. The molecule has 0 bridgehead atoms. The first kappa shape index (κ1) is 20.9. The van der Waals surface area contributed by atoms with Crippen LogP contribution in [-0.4, -0.2) is 17.0 Å². The summed E-state index contributed by atoms with van der Waals surface area (Å²) in [5, 5.41) is 3.30. The van der Waals surface area contributed by atoms with Crippen molar-refractivity contribution in [3.05, 3.63) is 76.8 Å². The number of hydrogen-bond donors (Lipinski definition) is 1. The zero-order chi connectivity index (χ0) is 22.0. The number of halogens is 1. The molecule has 0 atom stereocenters. The fourth-order valence-electron chi connectivity index (χ4n) is 3.22. The zero-order valence-electron chi connectivity index (χ0n) is 17.6. The average Bonchev–Trinajstić information content (AvgIpc) is 3.18. The van der Waals surface area contributed by atoms with Crippen molar-refractivity contribution in [3.63, 3.8) is 0 Å². The van der Waals surface area contributed by atoms with Crippen LogP contribution in [0, 0.1) is 0 Å². The van der Waals surface area contributed by atoms with Gasteiger partial charge in [-0.15, -0.1) is 0 Å². The number of benzene rings is 3. The maximum absolute atomic E-state index is 12.7. The summed E-state index contributed by atoms with van der Waals surface area (Å²) in [5.41, 5.74) is 4.44. The Hall–Kier alpha value is -3.31.